The summed E-state index contributed by atoms with van der Waals surface area (Å²) in [4.78, 5) is 47.2. The third-order valence-corrected chi connectivity index (χ3v) is 12.5. The van der Waals surface area contributed by atoms with E-state index >= 15 is 0 Å². The molecule has 1 fully saturated rings. The minimum atomic E-state index is -0.138. The van der Waals surface area contributed by atoms with Crippen LogP contribution in [0, 0.1) is 23.7 Å². The van der Waals surface area contributed by atoms with Gasteiger partial charge in [-0.25, -0.2) is 0 Å². The molecule has 11 heteroatoms. The summed E-state index contributed by atoms with van der Waals surface area (Å²) < 4.78 is 27.0. The van der Waals surface area contributed by atoms with Crippen molar-refractivity contribution in [3.05, 3.63) is 132 Å². The largest absolute Gasteiger partial charge is 0.568 e. The molecule has 2 aromatic rings. The summed E-state index contributed by atoms with van der Waals surface area (Å²) in [6.45, 7) is 17.3. The molecular formula is C62H92BO10. The summed E-state index contributed by atoms with van der Waals surface area (Å²) in [5, 5.41) is 8.46. The van der Waals surface area contributed by atoms with Gasteiger partial charge in [0.1, 0.15) is 5.78 Å². The first kappa shape index (κ1) is 64.3. The molecule has 10 nitrogen and oxygen atoms in total. The number of Topliss-reactive ketones (excluding diaryl/α,β-unsaturated/α-hetero) is 2. The molecular weight excluding hydrogens is 915 g/mol. The molecule has 1 saturated carbocycles. The smallest absolute Gasteiger partial charge is 0.543 e. The number of hydrogen-bond donors (Lipinski definition) is 1. The highest BCUT2D eigenvalue weighted by atomic mass is 16.5. The zero-order valence-corrected chi connectivity index (χ0v) is 45.9. The van der Waals surface area contributed by atoms with E-state index in [2.05, 4.69) is 70.2 Å². The highest BCUT2D eigenvalue weighted by molar-refractivity contribution is 6.16. The number of benzene rings is 2. The van der Waals surface area contributed by atoms with Crippen LogP contribution in [0.2, 0.25) is 0 Å². The van der Waals surface area contributed by atoms with Crippen LogP contribution in [0.3, 0.4) is 0 Å². The molecule has 1 radical (unpaired) electrons. The van der Waals surface area contributed by atoms with Crippen LogP contribution in [-0.4, -0.2) is 60.6 Å². The van der Waals surface area contributed by atoms with Crippen molar-refractivity contribution >= 4 is 31.2 Å². The van der Waals surface area contributed by atoms with E-state index in [0.717, 1.165) is 75.3 Å². The Labute approximate surface area is 441 Å². The lowest BCUT2D eigenvalue weighted by atomic mass is 9.87. The highest BCUT2D eigenvalue weighted by Crippen LogP contribution is 2.38. The fourth-order valence-corrected chi connectivity index (χ4v) is 8.63. The minimum absolute atomic E-state index is 0.0201. The van der Waals surface area contributed by atoms with E-state index in [1.165, 1.54) is 37.5 Å². The third kappa shape index (κ3) is 31.5. The van der Waals surface area contributed by atoms with E-state index in [4.69, 9.17) is 28.6 Å². The van der Waals surface area contributed by atoms with Crippen LogP contribution in [0.25, 0.3) is 0 Å². The van der Waals surface area contributed by atoms with E-state index in [1.54, 1.807) is 0 Å². The highest BCUT2D eigenvalue weighted by Gasteiger charge is 2.37. The molecule has 4 rings (SSSR count). The Morgan fingerprint density at radius 1 is 0.685 bits per heavy atom. The number of allylic oxidation sites excluding steroid dienone is 7. The maximum absolute atomic E-state index is 12.7. The topological polar surface area (TPSA) is 135 Å². The van der Waals surface area contributed by atoms with Crippen molar-refractivity contribution in [2.24, 2.45) is 23.7 Å². The molecule has 0 saturated heterocycles. The summed E-state index contributed by atoms with van der Waals surface area (Å²) >= 11 is 0. The Morgan fingerprint density at radius 3 is 1.68 bits per heavy atom. The summed E-state index contributed by atoms with van der Waals surface area (Å²) in [7, 11) is 0.663. The van der Waals surface area contributed by atoms with E-state index < -0.39 is 0 Å². The van der Waals surface area contributed by atoms with Crippen molar-refractivity contribution < 1.29 is 47.8 Å². The Bertz CT molecular complexity index is 1940. The molecule has 0 aromatic heterocycles. The molecule has 2 aliphatic rings. The first-order chi connectivity index (χ1) is 35.3. The van der Waals surface area contributed by atoms with Gasteiger partial charge >= 0.3 is 19.6 Å². The lowest BCUT2D eigenvalue weighted by Crippen LogP contribution is -2.16. The van der Waals surface area contributed by atoms with E-state index in [-0.39, 0.29) is 54.0 Å². The monoisotopic (exact) mass is 1010 g/mol. The predicted octanol–water partition coefficient (Wildman–Crippen LogP) is 14.4. The van der Waals surface area contributed by atoms with Crippen LogP contribution in [0.4, 0.5) is 0 Å². The van der Waals surface area contributed by atoms with E-state index in [1.807, 2.05) is 94.5 Å². The average molecular weight is 1010 g/mol. The molecule has 0 amide bonds. The van der Waals surface area contributed by atoms with Crippen molar-refractivity contribution in [1.29, 1.82) is 0 Å². The number of esters is 2. The molecule has 2 aromatic carbocycles. The van der Waals surface area contributed by atoms with Gasteiger partial charge in [0.2, 0.25) is 0 Å². The van der Waals surface area contributed by atoms with Crippen LogP contribution in [-0.2, 0) is 56.0 Å². The number of carbonyl (C=O) groups excluding carboxylic acids is 4. The molecule has 0 spiro atoms. The summed E-state index contributed by atoms with van der Waals surface area (Å²) in [6, 6.07) is 20.4. The van der Waals surface area contributed by atoms with Crippen molar-refractivity contribution in [3.8, 4) is 0 Å². The van der Waals surface area contributed by atoms with E-state index in [9.17, 15) is 19.2 Å². The fourth-order valence-electron chi connectivity index (χ4n) is 8.63. The van der Waals surface area contributed by atoms with Crippen molar-refractivity contribution in [2.45, 2.75) is 209 Å². The molecule has 0 bridgehead atoms. The second-order valence-corrected chi connectivity index (χ2v) is 20.0. The lowest BCUT2D eigenvalue weighted by Gasteiger charge is -2.19. The summed E-state index contributed by atoms with van der Waals surface area (Å²) in [5.41, 5.74) is 3.28. The maximum atomic E-state index is 12.7. The molecule has 0 aliphatic heterocycles. The Kier molecular flexibility index (Phi) is 35.7. The van der Waals surface area contributed by atoms with Gasteiger partial charge in [-0.1, -0.05) is 169 Å². The fraction of sp³-hybridized carbons (Fsp3) is 0.581. The van der Waals surface area contributed by atoms with Crippen molar-refractivity contribution in [1.82, 2.24) is 0 Å². The van der Waals surface area contributed by atoms with Crippen LogP contribution in [0.15, 0.2) is 121 Å². The Balaban J connectivity index is 0.000000407. The molecule has 403 valence electrons. The molecule has 2 unspecified atom stereocenters. The zero-order chi connectivity index (χ0) is 53.5. The molecule has 2 aliphatic carbocycles. The summed E-state index contributed by atoms with van der Waals surface area (Å²) in [5.74, 6) is 1.40. The Hall–Kier alpha value is -4.84. The predicted molar refractivity (Wildman–Crippen MR) is 296 cm³/mol. The SMILES string of the molecule is CC(C)OC(=O)CCC/C=C\CC1=C[C@H](C)CC1=O.CCCCCC(/C=C/O[B]O)OCc1ccccc1.CCCCCC(/C=C/[C@H]1[C@H](C)CC(=O)[C@@H]1C/C=C\CCCC(=O)OC(C)C)OCc1ccccc1. The third-order valence-electron chi connectivity index (χ3n) is 12.5. The van der Waals surface area contributed by atoms with Gasteiger partial charge in [-0.2, -0.15) is 0 Å². The number of hydrogen-bond acceptors (Lipinski definition) is 10. The maximum Gasteiger partial charge on any atom is 0.568 e. The lowest BCUT2D eigenvalue weighted by molar-refractivity contribution is -0.148. The quantitative estimate of drug-likeness (QED) is 0.0242. The Morgan fingerprint density at radius 2 is 1.21 bits per heavy atom. The minimum Gasteiger partial charge on any atom is -0.543 e. The first-order valence-corrected chi connectivity index (χ1v) is 27.5. The molecule has 6 atom stereocenters. The zero-order valence-electron chi connectivity index (χ0n) is 45.9. The van der Waals surface area contributed by atoms with Gasteiger partial charge in [-0.3, -0.25) is 19.2 Å². The van der Waals surface area contributed by atoms with Gasteiger partial charge in [-0.15, -0.1) is 0 Å². The molecule has 73 heavy (non-hydrogen) atoms. The van der Waals surface area contributed by atoms with Crippen molar-refractivity contribution in [3.63, 3.8) is 0 Å². The summed E-state index contributed by atoms with van der Waals surface area (Å²) in [6.07, 6.45) is 34.1. The van der Waals surface area contributed by atoms with Gasteiger partial charge < -0.3 is 28.6 Å². The average Bonchev–Trinajstić information content (AvgIpc) is 3.83. The van der Waals surface area contributed by atoms with Gasteiger partial charge in [-0.05, 0) is 120 Å². The molecule has 1 N–H and O–H groups in total. The number of rotatable bonds is 33. The van der Waals surface area contributed by atoms with Gasteiger partial charge in [0.25, 0.3) is 0 Å². The van der Waals surface area contributed by atoms with Gasteiger partial charge in [0.15, 0.2) is 5.78 Å². The van der Waals surface area contributed by atoms with Gasteiger partial charge in [0.05, 0.1) is 43.9 Å². The van der Waals surface area contributed by atoms with E-state index in [0.29, 0.717) is 64.2 Å². The second-order valence-electron chi connectivity index (χ2n) is 20.0. The van der Waals surface area contributed by atoms with Crippen molar-refractivity contribution in [2.75, 3.05) is 0 Å². The van der Waals surface area contributed by atoms with Crippen LogP contribution in [0.5, 0.6) is 0 Å². The molecule has 0 heterocycles. The normalized spacial score (nSPS) is 18.5. The van der Waals surface area contributed by atoms with Gasteiger partial charge in [0, 0.05) is 31.6 Å². The number of ketones is 2. The van der Waals surface area contributed by atoms with Crippen LogP contribution < -0.4 is 0 Å². The number of unbranched alkanes of at least 4 members (excludes halogenated alkanes) is 6. The number of carbonyl (C=O) groups is 4. The standard InChI is InChI=1S/C31H46O4.C16H24O3.C15H22BO3/c1-5-6-10-17-27(34-23-26-15-11-9-12-16-26)20-21-28-25(4)22-30(32)29(28)18-13-7-8-14-19-31(33)35-24(2)3;1-12(2)19-16(18)9-7-5-4-6-8-14-10-13(3)11-15(14)17;1-2-3-5-10-15(11-12-19-16-17)18-13-14-8-6-4-7-9-14/h7,9,11-13,15-16,20-21,24-25,27-29H,5-6,8,10,14,17-19,22-23H2,1-4H3;4,6,10,12-13H,5,7-9,11H2,1-3H3;4,6-9,11-12,15,17H,2-3,5,10,13H2,1H3/b13-7-,21-20+;6-4-;12-11+/t25-,27?,28+,29-;13-;/m10./s1. The van der Waals surface area contributed by atoms with Crippen LogP contribution >= 0.6 is 0 Å². The van der Waals surface area contributed by atoms with Crippen LogP contribution in [0.1, 0.15) is 182 Å². The number of ether oxygens (including phenoxy) is 4. The first-order valence-electron chi connectivity index (χ1n) is 27.5. The second kappa shape index (κ2) is 40.5.